The molecule has 82 valence electrons. The highest BCUT2D eigenvalue weighted by Gasteiger charge is 2.25. The first-order valence-electron chi connectivity index (χ1n) is 5.59. The Labute approximate surface area is 85.9 Å². The minimum Gasteiger partial charge on any atom is -0.481 e. The van der Waals surface area contributed by atoms with Gasteiger partial charge < -0.3 is 10.4 Å². The zero-order valence-corrected chi connectivity index (χ0v) is 9.01. The number of hydrogen-bond donors (Lipinski definition) is 2. The van der Waals surface area contributed by atoms with Crippen LogP contribution in [-0.4, -0.2) is 23.2 Å². The highest BCUT2D eigenvalue weighted by molar-refractivity contribution is 5.66. The molecule has 3 heteroatoms. The van der Waals surface area contributed by atoms with Crippen LogP contribution in [0.3, 0.4) is 0 Å². The topological polar surface area (TPSA) is 49.3 Å². The first-order valence-corrected chi connectivity index (χ1v) is 5.59. The van der Waals surface area contributed by atoms with Gasteiger partial charge in [0.25, 0.3) is 0 Å². The first kappa shape index (κ1) is 11.5. The van der Waals surface area contributed by atoms with Gasteiger partial charge in [-0.25, -0.2) is 0 Å². The Morgan fingerprint density at radius 2 is 2.00 bits per heavy atom. The summed E-state index contributed by atoms with van der Waals surface area (Å²) in [6.07, 6.45) is 7.46. The van der Waals surface area contributed by atoms with E-state index in [1.54, 1.807) is 0 Å². The normalized spacial score (nSPS) is 20.6. The Morgan fingerprint density at radius 3 is 2.57 bits per heavy atom. The Hall–Kier alpha value is -0.570. The molecule has 1 saturated carbocycles. The summed E-state index contributed by atoms with van der Waals surface area (Å²) in [5.41, 5.74) is 0.275. The van der Waals surface area contributed by atoms with Crippen LogP contribution in [0.15, 0.2) is 0 Å². The molecule has 0 heterocycles. The van der Waals surface area contributed by atoms with E-state index in [9.17, 15) is 4.79 Å². The molecule has 0 bridgehead atoms. The lowest BCUT2D eigenvalue weighted by Gasteiger charge is -2.34. The van der Waals surface area contributed by atoms with Gasteiger partial charge in [0.2, 0.25) is 0 Å². The second-order valence-corrected chi connectivity index (χ2v) is 4.55. The van der Waals surface area contributed by atoms with Crippen LogP contribution in [0.25, 0.3) is 0 Å². The van der Waals surface area contributed by atoms with Crippen LogP contribution in [0.5, 0.6) is 0 Å². The molecule has 1 rings (SSSR count). The highest BCUT2D eigenvalue weighted by atomic mass is 16.4. The third-order valence-corrected chi connectivity index (χ3v) is 3.08. The van der Waals surface area contributed by atoms with Crippen LogP contribution >= 0.6 is 0 Å². The van der Waals surface area contributed by atoms with E-state index in [4.69, 9.17) is 5.11 Å². The van der Waals surface area contributed by atoms with E-state index in [1.807, 2.05) is 0 Å². The van der Waals surface area contributed by atoms with Crippen molar-refractivity contribution in [3.63, 3.8) is 0 Å². The van der Waals surface area contributed by atoms with Gasteiger partial charge in [0.1, 0.15) is 0 Å². The second kappa shape index (κ2) is 5.35. The van der Waals surface area contributed by atoms with Crippen molar-refractivity contribution in [3.8, 4) is 0 Å². The number of nitrogens with one attached hydrogen (secondary N) is 1. The summed E-state index contributed by atoms with van der Waals surface area (Å²) in [6.45, 7) is 3.09. The van der Waals surface area contributed by atoms with Crippen molar-refractivity contribution in [2.75, 3.05) is 6.54 Å². The van der Waals surface area contributed by atoms with E-state index in [1.165, 1.54) is 32.1 Å². The van der Waals surface area contributed by atoms with Crippen molar-refractivity contribution in [1.82, 2.24) is 5.32 Å². The van der Waals surface area contributed by atoms with Crippen LogP contribution in [0, 0.1) is 0 Å². The van der Waals surface area contributed by atoms with Crippen LogP contribution in [0.4, 0.5) is 0 Å². The summed E-state index contributed by atoms with van der Waals surface area (Å²) in [4.78, 5) is 10.3. The fourth-order valence-electron chi connectivity index (χ4n) is 2.14. The SMILES string of the molecule is CC1(NCCCC(=O)O)CCCCC1. The van der Waals surface area contributed by atoms with E-state index in [2.05, 4.69) is 12.2 Å². The van der Waals surface area contributed by atoms with Crippen molar-refractivity contribution in [2.45, 2.75) is 57.4 Å². The number of carboxylic acids is 1. The smallest absolute Gasteiger partial charge is 0.303 e. The molecular formula is C11H21NO2. The zero-order chi connectivity index (χ0) is 10.4. The lowest BCUT2D eigenvalue weighted by molar-refractivity contribution is -0.137. The number of hydrogen-bond acceptors (Lipinski definition) is 2. The van der Waals surface area contributed by atoms with Crippen LogP contribution in [-0.2, 0) is 4.79 Å². The van der Waals surface area contributed by atoms with Crippen LogP contribution < -0.4 is 5.32 Å². The second-order valence-electron chi connectivity index (χ2n) is 4.55. The van der Waals surface area contributed by atoms with E-state index in [0.717, 1.165) is 13.0 Å². The summed E-state index contributed by atoms with van der Waals surface area (Å²) in [6, 6.07) is 0. The molecule has 0 aromatic heterocycles. The molecule has 0 aromatic rings. The molecule has 1 fully saturated rings. The van der Waals surface area contributed by atoms with Gasteiger partial charge in [-0.05, 0) is 32.7 Å². The Morgan fingerprint density at radius 1 is 1.36 bits per heavy atom. The average Bonchev–Trinajstić information content (AvgIpc) is 2.14. The van der Waals surface area contributed by atoms with E-state index >= 15 is 0 Å². The number of aliphatic carboxylic acids is 1. The van der Waals surface area contributed by atoms with E-state index in [-0.39, 0.29) is 12.0 Å². The van der Waals surface area contributed by atoms with Crippen molar-refractivity contribution in [2.24, 2.45) is 0 Å². The van der Waals surface area contributed by atoms with Gasteiger partial charge in [-0.1, -0.05) is 19.3 Å². The maximum atomic E-state index is 10.3. The van der Waals surface area contributed by atoms with Crippen LogP contribution in [0.1, 0.15) is 51.9 Å². The van der Waals surface area contributed by atoms with Crippen molar-refractivity contribution in [1.29, 1.82) is 0 Å². The van der Waals surface area contributed by atoms with Crippen molar-refractivity contribution in [3.05, 3.63) is 0 Å². The Bertz CT molecular complexity index is 186. The number of carbonyl (C=O) groups is 1. The maximum Gasteiger partial charge on any atom is 0.303 e. The third kappa shape index (κ3) is 4.09. The van der Waals surface area contributed by atoms with Gasteiger partial charge in [-0.2, -0.15) is 0 Å². The monoisotopic (exact) mass is 199 g/mol. The predicted molar refractivity (Wildman–Crippen MR) is 56.4 cm³/mol. The van der Waals surface area contributed by atoms with Crippen molar-refractivity contribution >= 4 is 5.97 Å². The molecule has 0 aromatic carbocycles. The van der Waals surface area contributed by atoms with Gasteiger partial charge in [0.15, 0.2) is 0 Å². The van der Waals surface area contributed by atoms with Gasteiger partial charge in [-0.3, -0.25) is 4.79 Å². The maximum absolute atomic E-state index is 10.3. The minimum atomic E-state index is -0.694. The van der Waals surface area contributed by atoms with Gasteiger partial charge >= 0.3 is 5.97 Å². The van der Waals surface area contributed by atoms with Gasteiger partial charge in [0, 0.05) is 12.0 Å². The van der Waals surface area contributed by atoms with Crippen molar-refractivity contribution < 1.29 is 9.90 Å². The van der Waals surface area contributed by atoms with E-state index in [0.29, 0.717) is 0 Å². The summed E-state index contributed by atoms with van der Waals surface area (Å²) < 4.78 is 0. The molecule has 0 spiro atoms. The minimum absolute atomic E-state index is 0.275. The fourth-order valence-corrected chi connectivity index (χ4v) is 2.14. The molecular weight excluding hydrogens is 178 g/mol. The fraction of sp³-hybridized carbons (Fsp3) is 0.909. The zero-order valence-electron chi connectivity index (χ0n) is 9.01. The third-order valence-electron chi connectivity index (χ3n) is 3.08. The van der Waals surface area contributed by atoms with Crippen LogP contribution in [0.2, 0.25) is 0 Å². The molecule has 0 saturated heterocycles. The first-order chi connectivity index (χ1) is 6.62. The number of carboxylic acid groups (broad SMARTS) is 1. The lowest BCUT2D eigenvalue weighted by atomic mass is 9.83. The molecule has 0 unspecified atom stereocenters. The van der Waals surface area contributed by atoms with Gasteiger partial charge in [-0.15, -0.1) is 0 Å². The largest absolute Gasteiger partial charge is 0.481 e. The summed E-state index contributed by atoms with van der Waals surface area (Å²) in [5.74, 6) is -0.694. The molecule has 0 atom stereocenters. The molecule has 0 amide bonds. The summed E-state index contributed by atoms with van der Waals surface area (Å²) in [5, 5.41) is 12.0. The average molecular weight is 199 g/mol. The molecule has 0 radical (unpaired) electrons. The molecule has 3 nitrogen and oxygen atoms in total. The molecule has 0 aliphatic heterocycles. The predicted octanol–water partition coefficient (Wildman–Crippen LogP) is 2.16. The number of rotatable bonds is 5. The Balaban J connectivity index is 2.12. The lowest BCUT2D eigenvalue weighted by Crippen LogP contribution is -2.44. The summed E-state index contributed by atoms with van der Waals surface area (Å²) in [7, 11) is 0. The standard InChI is InChI=1S/C11H21NO2/c1-11(7-3-2-4-8-11)12-9-5-6-10(13)14/h12H,2-9H2,1H3,(H,13,14). The quantitative estimate of drug-likeness (QED) is 0.667. The van der Waals surface area contributed by atoms with E-state index < -0.39 is 5.97 Å². The Kier molecular flexibility index (Phi) is 4.39. The molecule has 1 aliphatic rings. The van der Waals surface area contributed by atoms with Gasteiger partial charge in [0.05, 0.1) is 0 Å². The molecule has 14 heavy (non-hydrogen) atoms. The highest BCUT2D eigenvalue weighted by Crippen LogP contribution is 2.27. The molecule has 1 aliphatic carbocycles. The summed E-state index contributed by atoms with van der Waals surface area (Å²) >= 11 is 0. The molecule has 2 N–H and O–H groups in total.